The van der Waals surface area contributed by atoms with Gasteiger partial charge in [-0.1, -0.05) is 30.3 Å². The molecule has 30 heavy (non-hydrogen) atoms. The van der Waals surface area contributed by atoms with Gasteiger partial charge in [0.25, 0.3) is 0 Å². The number of sulfonamides is 1. The first-order valence-electron chi connectivity index (χ1n) is 8.84. The Morgan fingerprint density at radius 2 is 1.87 bits per heavy atom. The number of methoxy groups -OCH3 is 1. The van der Waals surface area contributed by atoms with Crippen LogP contribution in [0.2, 0.25) is 0 Å². The smallest absolute Gasteiger partial charge is 0.493 e. The zero-order chi connectivity index (χ0) is 21.7. The summed E-state index contributed by atoms with van der Waals surface area (Å²) >= 11 is 0. The molecule has 0 spiro atoms. The molecule has 1 aliphatic carbocycles. The van der Waals surface area contributed by atoms with E-state index in [2.05, 4.69) is 14.8 Å². The lowest BCUT2D eigenvalue weighted by atomic mass is 10.1. The molecule has 10 nitrogen and oxygen atoms in total. The summed E-state index contributed by atoms with van der Waals surface area (Å²) in [4.78, 5) is 12.9. The van der Waals surface area contributed by atoms with Crippen LogP contribution in [0.1, 0.15) is 17.9 Å². The number of carboxylic acid groups (broad SMARTS) is 2. The van der Waals surface area contributed by atoms with Crippen LogP contribution in [-0.2, 0) is 10.0 Å². The van der Waals surface area contributed by atoms with Crippen molar-refractivity contribution in [1.29, 1.82) is 0 Å². The SMILES string of the molecule is COc1cnn(-c2ccc(S(=O)(=O)N[C@H]3C[C@@H]3c3ccccc3)cn2)c1.O=C(O)O. The molecule has 0 saturated heterocycles. The predicted molar refractivity (Wildman–Crippen MR) is 106 cm³/mol. The monoisotopic (exact) mass is 432 g/mol. The minimum atomic E-state index is -3.60. The van der Waals surface area contributed by atoms with Crippen molar-refractivity contribution in [1.82, 2.24) is 19.5 Å². The maximum Gasteiger partial charge on any atom is 0.503 e. The number of ether oxygens (including phenoxy) is 1. The van der Waals surface area contributed by atoms with Crippen LogP contribution in [0.15, 0.2) is 66.0 Å². The van der Waals surface area contributed by atoms with Crippen molar-refractivity contribution in [3.8, 4) is 11.6 Å². The fourth-order valence-corrected chi connectivity index (χ4v) is 4.10. The molecular formula is C19H20N4O6S. The summed E-state index contributed by atoms with van der Waals surface area (Å²) in [6, 6.07) is 13.0. The van der Waals surface area contributed by atoms with Crippen LogP contribution in [0, 0.1) is 0 Å². The summed E-state index contributed by atoms with van der Waals surface area (Å²) in [6.45, 7) is 0. The van der Waals surface area contributed by atoms with E-state index < -0.39 is 16.2 Å². The van der Waals surface area contributed by atoms with Crippen molar-refractivity contribution in [2.24, 2.45) is 0 Å². The normalized spacial score (nSPS) is 17.5. The van der Waals surface area contributed by atoms with Gasteiger partial charge in [-0.15, -0.1) is 0 Å². The number of carbonyl (C=O) groups is 1. The molecule has 11 heteroatoms. The van der Waals surface area contributed by atoms with E-state index in [1.165, 1.54) is 16.9 Å². The molecule has 0 amide bonds. The quantitative estimate of drug-likeness (QED) is 0.538. The lowest BCUT2D eigenvalue weighted by molar-refractivity contribution is 0.137. The average Bonchev–Trinajstić information content (AvgIpc) is 3.30. The zero-order valence-corrected chi connectivity index (χ0v) is 16.7. The molecule has 4 rings (SSSR count). The van der Waals surface area contributed by atoms with E-state index in [-0.39, 0.29) is 16.9 Å². The Morgan fingerprint density at radius 3 is 2.43 bits per heavy atom. The van der Waals surface area contributed by atoms with Gasteiger partial charge in [0.05, 0.1) is 19.5 Å². The first-order chi connectivity index (χ1) is 14.3. The Kier molecular flexibility index (Phi) is 6.33. The molecule has 2 atom stereocenters. The molecule has 3 aromatic rings. The average molecular weight is 432 g/mol. The number of nitrogens with one attached hydrogen (secondary N) is 1. The van der Waals surface area contributed by atoms with E-state index in [9.17, 15) is 8.42 Å². The highest BCUT2D eigenvalue weighted by Crippen LogP contribution is 2.41. The molecule has 0 radical (unpaired) electrons. The van der Waals surface area contributed by atoms with Crippen LogP contribution >= 0.6 is 0 Å². The minimum Gasteiger partial charge on any atom is -0.493 e. The van der Waals surface area contributed by atoms with Crippen molar-refractivity contribution in [2.75, 3.05) is 7.11 Å². The van der Waals surface area contributed by atoms with Gasteiger partial charge in [-0.25, -0.2) is 27.6 Å². The molecule has 0 aliphatic heterocycles. The van der Waals surface area contributed by atoms with E-state index in [1.54, 1.807) is 25.6 Å². The molecule has 1 saturated carbocycles. The summed E-state index contributed by atoms with van der Waals surface area (Å²) in [5.41, 5.74) is 1.15. The molecule has 3 N–H and O–H groups in total. The molecule has 1 aromatic carbocycles. The van der Waals surface area contributed by atoms with Crippen molar-refractivity contribution in [2.45, 2.75) is 23.3 Å². The van der Waals surface area contributed by atoms with Gasteiger partial charge in [0.1, 0.15) is 4.90 Å². The van der Waals surface area contributed by atoms with E-state index >= 15 is 0 Å². The third-order valence-corrected chi connectivity index (χ3v) is 5.86. The molecule has 1 aliphatic rings. The third-order valence-electron chi connectivity index (χ3n) is 4.39. The summed E-state index contributed by atoms with van der Waals surface area (Å²) in [6.07, 6.45) is 3.54. The number of pyridine rings is 1. The Hall–Kier alpha value is -3.44. The number of hydrogen-bond donors (Lipinski definition) is 3. The second-order valence-corrected chi connectivity index (χ2v) is 8.15. The first-order valence-corrected chi connectivity index (χ1v) is 10.3. The molecule has 0 unspecified atom stereocenters. The largest absolute Gasteiger partial charge is 0.503 e. The number of hydrogen-bond acceptors (Lipinski definition) is 6. The highest BCUT2D eigenvalue weighted by molar-refractivity contribution is 7.89. The van der Waals surface area contributed by atoms with Gasteiger partial charge in [-0.05, 0) is 24.1 Å². The van der Waals surface area contributed by atoms with Crippen LogP contribution in [-0.4, -0.2) is 52.7 Å². The number of aromatic nitrogens is 3. The second-order valence-electron chi connectivity index (χ2n) is 6.44. The summed E-state index contributed by atoms with van der Waals surface area (Å²) < 4.78 is 34.5. The van der Waals surface area contributed by atoms with Gasteiger partial charge in [0.2, 0.25) is 10.0 Å². The Bertz CT molecular complexity index is 1100. The fraction of sp³-hybridized carbons (Fsp3) is 0.211. The molecule has 1 fully saturated rings. The predicted octanol–water partition coefficient (Wildman–Crippen LogP) is 2.33. The van der Waals surface area contributed by atoms with Crippen LogP contribution in [0.25, 0.3) is 5.82 Å². The van der Waals surface area contributed by atoms with Crippen LogP contribution in [0.3, 0.4) is 0 Å². The van der Waals surface area contributed by atoms with Gasteiger partial charge >= 0.3 is 6.16 Å². The van der Waals surface area contributed by atoms with Gasteiger partial charge in [-0.2, -0.15) is 5.10 Å². The summed E-state index contributed by atoms with van der Waals surface area (Å²) in [5.74, 6) is 1.35. The van der Waals surface area contributed by atoms with Crippen molar-refractivity contribution in [3.63, 3.8) is 0 Å². The van der Waals surface area contributed by atoms with Crippen molar-refractivity contribution in [3.05, 3.63) is 66.6 Å². The number of rotatable bonds is 6. The van der Waals surface area contributed by atoms with Gasteiger partial charge < -0.3 is 14.9 Å². The van der Waals surface area contributed by atoms with E-state index in [1.807, 2.05) is 30.3 Å². The molecule has 0 bridgehead atoms. The van der Waals surface area contributed by atoms with Crippen LogP contribution in [0.5, 0.6) is 5.75 Å². The van der Waals surface area contributed by atoms with Crippen LogP contribution in [0.4, 0.5) is 4.79 Å². The van der Waals surface area contributed by atoms with E-state index in [0.29, 0.717) is 11.6 Å². The molecule has 2 aromatic heterocycles. The van der Waals surface area contributed by atoms with Crippen molar-refractivity contribution < 1.29 is 28.2 Å². The van der Waals surface area contributed by atoms with E-state index in [4.69, 9.17) is 19.7 Å². The third kappa shape index (κ3) is 5.33. The van der Waals surface area contributed by atoms with E-state index in [0.717, 1.165) is 12.0 Å². The van der Waals surface area contributed by atoms with Crippen LogP contribution < -0.4 is 9.46 Å². The first kappa shape index (κ1) is 21.3. The molecule has 158 valence electrons. The maximum atomic E-state index is 12.6. The second kappa shape index (κ2) is 8.93. The number of nitrogens with zero attached hydrogens (tertiary/aromatic N) is 3. The lowest BCUT2D eigenvalue weighted by Gasteiger charge is -2.07. The summed E-state index contributed by atoms with van der Waals surface area (Å²) in [7, 11) is -2.05. The Labute approximate surface area is 172 Å². The zero-order valence-electron chi connectivity index (χ0n) is 15.9. The van der Waals surface area contributed by atoms with Gasteiger partial charge in [0.15, 0.2) is 11.6 Å². The highest BCUT2D eigenvalue weighted by atomic mass is 32.2. The number of benzene rings is 1. The topological polar surface area (TPSA) is 144 Å². The summed E-state index contributed by atoms with van der Waals surface area (Å²) in [5, 5.41) is 18.1. The van der Waals surface area contributed by atoms with Gasteiger partial charge in [-0.3, -0.25) is 0 Å². The standard InChI is InChI=1S/C18H18N4O3S.CH2O3/c1-25-14-10-20-22(12-14)18-8-7-15(11-19-18)26(23,24)21-17-9-16(17)13-5-3-2-4-6-13;2-1(3)4/h2-8,10-12,16-17,21H,9H2,1H3;(H2,2,3,4)/t16-,17+;/m1./s1. The molecule has 2 heterocycles. The molecular weight excluding hydrogens is 412 g/mol. The Balaban J connectivity index is 0.000000589. The highest BCUT2D eigenvalue weighted by Gasteiger charge is 2.41. The van der Waals surface area contributed by atoms with Gasteiger partial charge in [0, 0.05) is 18.2 Å². The lowest BCUT2D eigenvalue weighted by Crippen LogP contribution is -2.27. The Morgan fingerprint density at radius 1 is 1.17 bits per heavy atom. The maximum absolute atomic E-state index is 12.6. The minimum absolute atomic E-state index is 0.0718. The fourth-order valence-electron chi connectivity index (χ4n) is 2.87. The van der Waals surface area contributed by atoms with Crippen molar-refractivity contribution >= 4 is 16.2 Å².